The molecule has 0 aliphatic carbocycles. The van der Waals surface area contributed by atoms with E-state index < -0.39 is 24.2 Å². The number of pyridine rings is 1. The third-order valence-electron chi connectivity index (χ3n) is 2.66. The average molecular weight is 262 g/mol. The quantitative estimate of drug-likeness (QED) is 0.910. The Balaban J connectivity index is 2.51. The van der Waals surface area contributed by atoms with Crippen molar-refractivity contribution >= 4 is 22.6 Å². The van der Waals surface area contributed by atoms with Crippen molar-refractivity contribution in [3.05, 3.63) is 42.0 Å². The molecule has 5 nitrogen and oxygen atoms in total. The summed E-state index contributed by atoms with van der Waals surface area (Å²) in [6, 6.07) is 6.02. The van der Waals surface area contributed by atoms with Crippen LogP contribution in [0.4, 0.5) is 4.39 Å². The van der Waals surface area contributed by atoms with Gasteiger partial charge in [-0.25, -0.2) is 4.39 Å². The van der Waals surface area contributed by atoms with Crippen LogP contribution in [-0.2, 0) is 4.79 Å². The first-order valence-electron chi connectivity index (χ1n) is 5.51. The number of amides is 1. The first kappa shape index (κ1) is 12.9. The summed E-state index contributed by atoms with van der Waals surface area (Å²) < 4.78 is 13.8. The molecular weight excluding hydrogens is 251 g/mol. The van der Waals surface area contributed by atoms with E-state index in [0.717, 1.165) is 4.90 Å². The van der Waals surface area contributed by atoms with E-state index in [-0.39, 0.29) is 11.1 Å². The van der Waals surface area contributed by atoms with Crippen LogP contribution in [0.1, 0.15) is 10.5 Å². The Kier molecular flexibility index (Phi) is 3.41. The summed E-state index contributed by atoms with van der Waals surface area (Å²) in [5.41, 5.74) is -0.0839. The highest BCUT2D eigenvalue weighted by Gasteiger charge is 2.19. The number of benzene rings is 1. The molecular formula is C13H11FN2O3. The zero-order chi connectivity index (χ0) is 14.0. The van der Waals surface area contributed by atoms with E-state index in [1.54, 1.807) is 12.1 Å². The maximum Gasteiger partial charge on any atom is 0.323 e. The SMILES string of the molecule is CN(CC(=O)O)C(=O)c1nccc2cccc(F)c12. The number of nitrogens with zero attached hydrogens (tertiary/aromatic N) is 2. The number of carbonyl (C=O) groups is 2. The van der Waals surface area contributed by atoms with Gasteiger partial charge >= 0.3 is 5.97 Å². The van der Waals surface area contributed by atoms with Gasteiger partial charge < -0.3 is 10.0 Å². The molecule has 1 aromatic carbocycles. The zero-order valence-electron chi connectivity index (χ0n) is 10.1. The number of halogens is 1. The molecule has 1 amide bonds. The summed E-state index contributed by atoms with van der Waals surface area (Å²) in [5, 5.41) is 9.31. The monoisotopic (exact) mass is 262 g/mol. The maximum absolute atomic E-state index is 13.8. The third-order valence-corrected chi connectivity index (χ3v) is 2.66. The normalized spacial score (nSPS) is 10.4. The topological polar surface area (TPSA) is 70.5 Å². The van der Waals surface area contributed by atoms with E-state index in [1.165, 1.54) is 25.4 Å². The molecule has 2 aromatic rings. The number of fused-ring (bicyclic) bond motifs is 1. The van der Waals surface area contributed by atoms with Crippen LogP contribution in [0.25, 0.3) is 10.8 Å². The third kappa shape index (κ3) is 2.52. The fourth-order valence-corrected chi connectivity index (χ4v) is 1.80. The Hall–Kier alpha value is -2.50. The molecule has 98 valence electrons. The molecule has 0 saturated carbocycles. The Bertz CT molecular complexity index is 652. The molecule has 0 atom stereocenters. The number of carboxylic acids is 1. The second kappa shape index (κ2) is 5.01. The predicted octanol–water partition coefficient (Wildman–Crippen LogP) is 1.53. The van der Waals surface area contributed by atoms with Crippen molar-refractivity contribution in [1.29, 1.82) is 0 Å². The summed E-state index contributed by atoms with van der Waals surface area (Å²) in [6.45, 7) is -0.467. The number of carboxylic acid groups (broad SMARTS) is 1. The first-order chi connectivity index (χ1) is 9.00. The van der Waals surface area contributed by atoms with Gasteiger partial charge in [-0.2, -0.15) is 0 Å². The molecule has 0 aliphatic heterocycles. The van der Waals surface area contributed by atoms with Gasteiger partial charge in [0.15, 0.2) is 0 Å². The second-order valence-electron chi connectivity index (χ2n) is 4.05. The molecule has 0 spiro atoms. The molecule has 6 heteroatoms. The van der Waals surface area contributed by atoms with Gasteiger partial charge in [-0.05, 0) is 17.5 Å². The number of hydrogen-bond acceptors (Lipinski definition) is 3. The van der Waals surface area contributed by atoms with Gasteiger partial charge in [0.25, 0.3) is 5.91 Å². The molecule has 0 saturated heterocycles. The number of rotatable bonds is 3. The minimum Gasteiger partial charge on any atom is -0.480 e. The predicted molar refractivity (Wildman–Crippen MR) is 66.3 cm³/mol. The molecule has 0 bridgehead atoms. The summed E-state index contributed by atoms with van der Waals surface area (Å²) in [7, 11) is 1.33. The van der Waals surface area contributed by atoms with Crippen molar-refractivity contribution in [2.45, 2.75) is 0 Å². The van der Waals surface area contributed by atoms with Crippen molar-refractivity contribution in [3.63, 3.8) is 0 Å². The van der Waals surface area contributed by atoms with E-state index in [9.17, 15) is 14.0 Å². The number of aromatic nitrogens is 1. The lowest BCUT2D eigenvalue weighted by Crippen LogP contribution is -2.32. The zero-order valence-corrected chi connectivity index (χ0v) is 10.1. The lowest BCUT2D eigenvalue weighted by molar-refractivity contribution is -0.137. The van der Waals surface area contributed by atoms with Gasteiger partial charge in [0, 0.05) is 18.6 Å². The van der Waals surface area contributed by atoms with E-state index in [1.807, 2.05) is 0 Å². The maximum atomic E-state index is 13.8. The fraction of sp³-hybridized carbons (Fsp3) is 0.154. The van der Waals surface area contributed by atoms with Crippen LogP contribution in [0.3, 0.4) is 0 Å². The number of carbonyl (C=O) groups excluding carboxylic acids is 1. The Labute approximate surface area is 108 Å². The average Bonchev–Trinajstić information content (AvgIpc) is 2.36. The molecule has 0 radical (unpaired) electrons. The van der Waals surface area contributed by atoms with E-state index >= 15 is 0 Å². The molecule has 0 fully saturated rings. The molecule has 1 heterocycles. The summed E-state index contributed by atoms with van der Waals surface area (Å²) in [5.74, 6) is -2.33. The minimum atomic E-state index is -1.14. The van der Waals surface area contributed by atoms with Gasteiger partial charge in [-0.1, -0.05) is 12.1 Å². The van der Waals surface area contributed by atoms with Crippen LogP contribution < -0.4 is 0 Å². The van der Waals surface area contributed by atoms with Crippen LogP contribution in [0.5, 0.6) is 0 Å². The van der Waals surface area contributed by atoms with E-state index in [4.69, 9.17) is 5.11 Å². The molecule has 0 unspecified atom stereocenters. The highest BCUT2D eigenvalue weighted by molar-refractivity contribution is 6.05. The smallest absolute Gasteiger partial charge is 0.323 e. The second-order valence-corrected chi connectivity index (χ2v) is 4.05. The van der Waals surface area contributed by atoms with E-state index in [2.05, 4.69) is 4.98 Å². The number of likely N-dealkylation sites (N-methyl/N-ethyl adjacent to an activating group) is 1. The molecule has 0 aliphatic rings. The largest absolute Gasteiger partial charge is 0.480 e. The van der Waals surface area contributed by atoms with Crippen LogP contribution in [0.2, 0.25) is 0 Å². The van der Waals surface area contributed by atoms with E-state index in [0.29, 0.717) is 5.39 Å². The van der Waals surface area contributed by atoms with Gasteiger partial charge in [-0.3, -0.25) is 14.6 Å². The summed E-state index contributed by atoms with van der Waals surface area (Å²) in [4.78, 5) is 27.5. The molecule has 1 N–H and O–H groups in total. The summed E-state index contributed by atoms with van der Waals surface area (Å²) >= 11 is 0. The van der Waals surface area contributed by atoms with Gasteiger partial charge in [0.2, 0.25) is 0 Å². The van der Waals surface area contributed by atoms with Crippen molar-refractivity contribution in [3.8, 4) is 0 Å². The molecule has 1 aromatic heterocycles. The van der Waals surface area contributed by atoms with Crippen LogP contribution >= 0.6 is 0 Å². The van der Waals surface area contributed by atoms with Crippen molar-refractivity contribution in [2.24, 2.45) is 0 Å². The van der Waals surface area contributed by atoms with Gasteiger partial charge in [0.1, 0.15) is 18.1 Å². The van der Waals surface area contributed by atoms with Crippen molar-refractivity contribution in [2.75, 3.05) is 13.6 Å². The number of hydrogen-bond donors (Lipinski definition) is 1. The highest BCUT2D eigenvalue weighted by Crippen LogP contribution is 2.21. The van der Waals surface area contributed by atoms with Crippen LogP contribution in [0.15, 0.2) is 30.5 Å². The van der Waals surface area contributed by atoms with Gasteiger partial charge in [-0.15, -0.1) is 0 Å². The Morgan fingerprint density at radius 2 is 2.11 bits per heavy atom. The lowest BCUT2D eigenvalue weighted by Gasteiger charge is -2.15. The Morgan fingerprint density at radius 3 is 2.79 bits per heavy atom. The van der Waals surface area contributed by atoms with Crippen LogP contribution in [-0.4, -0.2) is 40.5 Å². The first-order valence-corrected chi connectivity index (χ1v) is 5.51. The fourth-order valence-electron chi connectivity index (χ4n) is 1.80. The van der Waals surface area contributed by atoms with Crippen molar-refractivity contribution in [1.82, 2.24) is 9.88 Å². The van der Waals surface area contributed by atoms with Crippen LogP contribution in [0, 0.1) is 5.82 Å². The minimum absolute atomic E-state index is 0.0839. The molecule has 19 heavy (non-hydrogen) atoms. The van der Waals surface area contributed by atoms with Gasteiger partial charge in [0.05, 0.1) is 0 Å². The standard InChI is InChI=1S/C13H11FN2O3/c1-16(7-10(17)18)13(19)12-11-8(5-6-15-12)3-2-4-9(11)14/h2-6H,7H2,1H3,(H,17,18). The lowest BCUT2D eigenvalue weighted by atomic mass is 10.1. The number of aliphatic carboxylic acids is 1. The Morgan fingerprint density at radius 1 is 1.37 bits per heavy atom. The summed E-state index contributed by atoms with van der Waals surface area (Å²) in [6.07, 6.45) is 1.39. The highest BCUT2D eigenvalue weighted by atomic mass is 19.1. The van der Waals surface area contributed by atoms with Crippen molar-refractivity contribution < 1.29 is 19.1 Å². The molecule has 2 rings (SSSR count).